The Morgan fingerprint density at radius 2 is 1.75 bits per heavy atom. The molecular weight excluding hydrogens is 352 g/mol. The molecule has 0 saturated carbocycles. The summed E-state index contributed by atoms with van der Waals surface area (Å²) in [6.07, 6.45) is 0.584. The molecule has 0 radical (unpaired) electrons. The number of H-pyrrole nitrogens is 1. The van der Waals surface area contributed by atoms with Crippen molar-refractivity contribution in [2.75, 3.05) is 13.1 Å². The fourth-order valence-electron chi connectivity index (χ4n) is 4.28. The first-order chi connectivity index (χ1) is 13.6. The van der Waals surface area contributed by atoms with Gasteiger partial charge in [-0.2, -0.15) is 0 Å². The Morgan fingerprint density at radius 1 is 1.04 bits per heavy atom. The lowest BCUT2D eigenvalue weighted by molar-refractivity contribution is -0.149. The average molecular weight is 374 g/mol. The van der Waals surface area contributed by atoms with Gasteiger partial charge in [0.05, 0.1) is 17.0 Å². The monoisotopic (exact) mass is 374 g/mol. The maximum atomic E-state index is 13.2. The Hall–Kier alpha value is -3.15. The van der Waals surface area contributed by atoms with Crippen LogP contribution >= 0.6 is 0 Å². The van der Waals surface area contributed by atoms with Crippen molar-refractivity contribution in [3.05, 3.63) is 65.5 Å². The van der Waals surface area contributed by atoms with Crippen molar-refractivity contribution in [3.63, 3.8) is 0 Å². The molecule has 3 aromatic rings. The predicted molar refractivity (Wildman–Crippen MR) is 106 cm³/mol. The molecule has 1 aromatic heterocycles. The lowest BCUT2D eigenvalue weighted by Gasteiger charge is -2.43. The molecule has 6 heteroatoms. The van der Waals surface area contributed by atoms with Crippen LogP contribution in [0.5, 0.6) is 0 Å². The third kappa shape index (κ3) is 2.76. The van der Waals surface area contributed by atoms with Crippen molar-refractivity contribution in [2.45, 2.75) is 31.8 Å². The third-order valence-electron chi connectivity index (χ3n) is 5.93. The number of hydrogen-bond acceptors (Lipinski definition) is 3. The van der Waals surface area contributed by atoms with Gasteiger partial charge in [0, 0.05) is 33.0 Å². The number of nitrogens with one attached hydrogen (secondary N) is 1. The van der Waals surface area contributed by atoms with Gasteiger partial charge in [-0.15, -0.1) is 0 Å². The number of aromatic amines is 1. The fourth-order valence-corrected chi connectivity index (χ4v) is 4.28. The second kappa shape index (κ2) is 6.48. The van der Waals surface area contributed by atoms with Crippen molar-refractivity contribution < 1.29 is 9.59 Å². The number of likely N-dealkylation sites (tertiary alicyclic amines) is 1. The van der Waals surface area contributed by atoms with E-state index in [-0.39, 0.29) is 17.7 Å². The SMILES string of the molecule is CC(=O)N1Cc2ccccc2CC1C(=O)N1CC(c2nc3ccccc3[nH]2)C1. The van der Waals surface area contributed by atoms with Crippen LogP contribution in [0, 0.1) is 0 Å². The number of imidazole rings is 1. The first kappa shape index (κ1) is 17.0. The summed E-state index contributed by atoms with van der Waals surface area (Å²) in [5.41, 5.74) is 4.26. The molecular formula is C22H22N4O2. The Balaban J connectivity index is 1.32. The number of aromatic nitrogens is 2. The maximum absolute atomic E-state index is 13.2. The highest BCUT2D eigenvalue weighted by Crippen LogP contribution is 2.30. The Labute approximate surface area is 163 Å². The number of rotatable bonds is 2. The number of fused-ring (bicyclic) bond motifs is 2. The van der Waals surface area contributed by atoms with Crippen LogP contribution in [0.2, 0.25) is 0 Å². The quantitative estimate of drug-likeness (QED) is 0.749. The van der Waals surface area contributed by atoms with Crippen molar-refractivity contribution in [2.24, 2.45) is 0 Å². The first-order valence-electron chi connectivity index (χ1n) is 9.67. The standard InChI is InChI=1S/C22H22N4O2/c1-14(27)26-13-16-7-3-2-6-15(16)10-20(26)22(28)25-11-17(12-25)21-23-18-8-4-5-9-19(18)24-21/h2-9,17,20H,10-13H2,1H3,(H,23,24). The van der Waals surface area contributed by atoms with Crippen molar-refractivity contribution >= 4 is 22.8 Å². The van der Waals surface area contributed by atoms with Crippen LogP contribution in [0.4, 0.5) is 0 Å². The molecule has 28 heavy (non-hydrogen) atoms. The summed E-state index contributed by atoms with van der Waals surface area (Å²) in [7, 11) is 0. The summed E-state index contributed by atoms with van der Waals surface area (Å²) >= 11 is 0. The number of amides is 2. The number of benzene rings is 2. The summed E-state index contributed by atoms with van der Waals surface area (Å²) < 4.78 is 0. The second-order valence-electron chi connectivity index (χ2n) is 7.71. The molecule has 0 bridgehead atoms. The molecule has 3 heterocycles. The summed E-state index contributed by atoms with van der Waals surface area (Å²) in [6, 6.07) is 15.6. The van der Waals surface area contributed by atoms with E-state index < -0.39 is 6.04 Å². The van der Waals surface area contributed by atoms with E-state index in [4.69, 9.17) is 0 Å². The van der Waals surface area contributed by atoms with Gasteiger partial charge < -0.3 is 14.8 Å². The largest absolute Gasteiger partial charge is 0.342 e. The van der Waals surface area contributed by atoms with Crippen LogP contribution in [0.3, 0.4) is 0 Å². The van der Waals surface area contributed by atoms with E-state index in [9.17, 15) is 9.59 Å². The van der Waals surface area contributed by atoms with E-state index in [0.717, 1.165) is 28.0 Å². The first-order valence-corrected chi connectivity index (χ1v) is 9.67. The zero-order valence-electron chi connectivity index (χ0n) is 15.8. The molecule has 2 amide bonds. The van der Waals surface area contributed by atoms with Gasteiger partial charge in [-0.25, -0.2) is 4.98 Å². The van der Waals surface area contributed by atoms with Gasteiger partial charge in [-0.1, -0.05) is 36.4 Å². The zero-order chi connectivity index (χ0) is 19.3. The van der Waals surface area contributed by atoms with E-state index in [1.807, 2.05) is 47.4 Å². The maximum Gasteiger partial charge on any atom is 0.245 e. The van der Waals surface area contributed by atoms with Gasteiger partial charge in [0.2, 0.25) is 11.8 Å². The Bertz CT molecular complexity index is 1030. The highest BCUT2D eigenvalue weighted by Gasteiger charge is 2.41. The molecule has 2 aliphatic heterocycles. The normalized spacial score (nSPS) is 19.4. The molecule has 5 rings (SSSR count). The van der Waals surface area contributed by atoms with Crippen LogP contribution in [-0.2, 0) is 22.6 Å². The number of carbonyl (C=O) groups is 2. The second-order valence-corrected chi connectivity index (χ2v) is 7.71. The molecule has 142 valence electrons. The molecule has 1 unspecified atom stereocenters. The van der Waals surface area contributed by atoms with E-state index in [0.29, 0.717) is 26.1 Å². The zero-order valence-corrected chi connectivity index (χ0v) is 15.8. The number of hydrogen-bond donors (Lipinski definition) is 1. The molecule has 2 aromatic carbocycles. The molecule has 1 fully saturated rings. The highest BCUT2D eigenvalue weighted by molar-refractivity contribution is 5.88. The van der Waals surface area contributed by atoms with E-state index in [1.165, 1.54) is 0 Å². The molecule has 1 N–H and O–H groups in total. The smallest absolute Gasteiger partial charge is 0.245 e. The molecule has 0 spiro atoms. The minimum atomic E-state index is -0.413. The van der Waals surface area contributed by atoms with Crippen LogP contribution in [0.15, 0.2) is 48.5 Å². The van der Waals surface area contributed by atoms with Crippen LogP contribution in [0.1, 0.15) is 29.8 Å². The molecule has 1 atom stereocenters. The summed E-state index contributed by atoms with van der Waals surface area (Å²) in [5, 5.41) is 0. The molecule has 2 aliphatic rings. The van der Waals surface area contributed by atoms with Gasteiger partial charge in [0.1, 0.15) is 11.9 Å². The van der Waals surface area contributed by atoms with E-state index >= 15 is 0 Å². The Morgan fingerprint density at radius 3 is 2.50 bits per heavy atom. The van der Waals surface area contributed by atoms with Gasteiger partial charge in [-0.3, -0.25) is 9.59 Å². The van der Waals surface area contributed by atoms with Crippen molar-refractivity contribution in [1.29, 1.82) is 0 Å². The summed E-state index contributed by atoms with van der Waals surface area (Å²) in [6.45, 7) is 3.33. The van der Waals surface area contributed by atoms with E-state index in [1.54, 1.807) is 11.8 Å². The van der Waals surface area contributed by atoms with E-state index in [2.05, 4.69) is 16.0 Å². The lowest BCUT2D eigenvalue weighted by atomic mass is 9.91. The third-order valence-corrected chi connectivity index (χ3v) is 5.93. The average Bonchev–Trinajstić information content (AvgIpc) is 3.09. The molecule has 0 aliphatic carbocycles. The highest BCUT2D eigenvalue weighted by atomic mass is 16.2. The topological polar surface area (TPSA) is 69.3 Å². The number of carbonyl (C=O) groups excluding carboxylic acids is 2. The van der Waals surface area contributed by atoms with Gasteiger partial charge in [-0.05, 0) is 23.3 Å². The minimum absolute atomic E-state index is 0.0389. The predicted octanol–water partition coefficient (Wildman–Crippen LogP) is 2.46. The summed E-state index contributed by atoms with van der Waals surface area (Å²) in [4.78, 5) is 36.9. The minimum Gasteiger partial charge on any atom is -0.342 e. The van der Waals surface area contributed by atoms with Crippen LogP contribution in [0.25, 0.3) is 11.0 Å². The molecule has 1 saturated heterocycles. The molecule has 6 nitrogen and oxygen atoms in total. The van der Waals surface area contributed by atoms with Gasteiger partial charge >= 0.3 is 0 Å². The van der Waals surface area contributed by atoms with Crippen LogP contribution in [-0.4, -0.2) is 50.7 Å². The summed E-state index contributed by atoms with van der Waals surface area (Å²) in [5.74, 6) is 1.14. The van der Waals surface area contributed by atoms with Gasteiger partial charge in [0.15, 0.2) is 0 Å². The fraction of sp³-hybridized carbons (Fsp3) is 0.318. The number of nitrogens with zero attached hydrogens (tertiary/aromatic N) is 3. The van der Waals surface area contributed by atoms with Crippen molar-refractivity contribution in [1.82, 2.24) is 19.8 Å². The van der Waals surface area contributed by atoms with Crippen LogP contribution < -0.4 is 0 Å². The Kier molecular flexibility index (Phi) is 3.93. The number of para-hydroxylation sites is 2. The van der Waals surface area contributed by atoms with Crippen molar-refractivity contribution in [3.8, 4) is 0 Å². The van der Waals surface area contributed by atoms with Gasteiger partial charge in [0.25, 0.3) is 0 Å². The lowest BCUT2D eigenvalue weighted by Crippen LogP contribution is -2.58.